The smallest absolute Gasteiger partial charge is 0.183 e. The van der Waals surface area contributed by atoms with E-state index in [9.17, 15) is 0 Å². The van der Waals surface area contributed by atoms with E-state index in [1.807, 2.05) is 12.4 Å². The van der Waals surface area contributed by atoms with Crippen LogP contribution in [0.5, 0.6) is 0 Å². The van der Waals surface area contributed by atoms with Crippen molar-refractivity contribution in [3.63, 3.8) is 0 Å². The van der Waals surface area contributed by atoms with E-state index < -0.39 is 0 Å². The molecule has 0 spiro atoms. The minimum atomic E-state index is 0.498. The van der Waals surface area contributed by atoms with Crippen molar-refractivity contribution >= 4 is 16.9 Å². The molecule has 2 saturated carbocycles. The number of hydrogen-bond donors (Lipinski definition) is 1. The SMILES string of the molecule is CSC(=NC(C1CC1)C1CC1)NC#N. The third kappa shape index (κ3) is 2.42. The van der Waals surface area contributed by atoms with Crippen molar-refractivity contribution in [2.45, 2.75) is 31.7 Å². The molecule has 2 rings (SSSR count). The lowest BCUT2D eigenvalue weighted by Gasteiger charge is -2.11. The Morgan fingerprint density at radius 1 is 1.43 bits per heavy atom. The van der Waals surface area contributed by atoms with Crippen molar-refractivity contribution in [1.82, 2.24) is 5.32 Å². The highest BCUT2D eigenvalue weighted by atomic mass is 32.2. The summed E-state index contributed by atoms with van der Waals surface area (Å²) in [6.07, 6.45) is 9.23. The van der Waals surface area contributed by atoms with E-state index in [1.165, 1.54) is 37.4 Å². The molecule has 0 bridgehead atoms. The van der Waals surface area contributed by atoms with Gasteiger partial charge in [-0.15, -0.1) is 0 Å². The van der Waals surface area contributed by atoms with Crippen LogP contribution >= 0.6 is 11.8 Å². The molecule has 0 aromatic rings. The minimum absolute atomic E-state index is 0.498. The average Bonchev–Trinajstić information content (AvgIpc) is 3.05. The van der Waals surface area contributed by atoms with E-state index >= 15 is 0 Å². The molecule has 2 aliphatic rings. The number of nitrogens with one attached hydrogen (secondary N) is 1. The summed E-state index contributed by atoms with van der Waals surface area (Å²) in [6, 6.07) is 0.498. The molecule has 2 aliphatic carbocycles. The largest absolute Gasteiger partial charge is 0.272 e. The van der Waals surface area contributed by atoms with Crippen LogP contribution in [0.3, 0.4) is 0 Å². The number of rotatable bonds is 3. The van der Waals surface area contributed by atoms with Crippen LogP contribution in [0, 0.1) is 23.3 Å². The monoisotopic (exact) mass is 209 g/mol. The lowest BCUT2D eigenvalue weighted by molar-refractivity contribution is 0.533. The van der Waals surface area contributed by atoms with Crippen molar-refractivity contribution in [1.29, 1.82) is 5.26 Å². The van der Waals surface area contributed by atoms with Gasteiger partial charge >= 0.3 is 0 Å². The maximum Gasteiger partial charge on any atom is 0.183 e. The molecule has 0 saturated heterocycles. The summed E-state index contributed by atoms with van der Waals surface area (Å²) in [5.41, 5.74) is 0. The van der Waals surface area contributed by atoms with E-state index in [0.717, 1.165) is 17.0 Å². The molecule has 14 heavy (non-hydrogen) atoms. The predicted octanol–water partition coefficient (Wildman–Crippen LogP) is 1.96. The van der Waals surface area contributed by atoms with Crippen LogP contribution in [0.2, 0.25) is 0 Å². The van der Waals surface area contributed by atoms with Crippen LogP contribution in [-0.4, -0.2) is 17.5 Å². The molecular formula is C10H15N3S. The van der Waals surface area contributed by atoms with Crippen LogP contribution in [-0.2, 0) is 0 Å². The van der Waals surface area contributed by atoms with Gasteiger partial charge in [0.25, 0.3) is 0 Å². The molecule has 0 aromatic carbocycles. The summed E-state index contributed by atoms with van der Waals surface area (Å²) in [5, 5.41) is 12.0. The molecule has 1 N–H and O–H groups in total. The van der Waals surface area contributed by atoms with Gasteiger partial charge in [0, 0.05) is 0 Å². The van der Waals surface area contributed by atoms with Gasteiger partial charge in [-0.25, -0.2) is 0 Å². The van der Waals surface area contributed by atoms with Crippen molar-refractivity contribution in [3.05, 3.63) is 0 Å². The van der Waals surface area contributed by atoms with Gasteiger partial charge in [-0.05, 0) is 43.8 Å². The average molecular weight is 209 g/mol. The highest BCUT2D eigenvalue weighted by Gasteiger charge is 2.41. The Hall–Kier alpha value is -0.690. The first-order chi connectivity index (χ1) is 6.85. The topological polar surface area (TPSA) is 48.2 Å². The number of amidine groups is 1. The first-order valence-electron chi connectivity index (χ1n) is 5.12. The third-order valence-electron chi connectivity index (χ3n) is 2.83. The summed E-state index contributed by atoms with van der Waals surface area (Å²) in [4.78, 5) is 4.65. The molecule has 0 amide bonds. The Balaban J connectivity index is 1.99. The predicted molar refractivity (Wildman–Crippen MR) is 58.9 cm³/mol. The van der Waals surface area contributed by atoms with Gasteiger partial charge in [-0.3, -0.25) is 10.3 Å². The molecule has 0 unspecified atom stereocenters. The van der Waals surface area contributed by atoms with E-state index in [-0.39, 0.29) is 0 Å². The molecular weight excluding hydrogens is 194 g/mol. The zero-order valence-electron chi connectivity index (χ0n) is 8.36. The van der Waals surface area contributed by atoms with Crippen LogP contribution in [0.1, 0.15) is 25.7 Å². The first-order valence-corrected chi connectivity index (χ1v) is 6.34. The zero-order valence-corrected chi connectivity index (χ0v) is 9.18. The summed E-state index contributed by atoms with van der Waals surface area (Å²) in [6.45, 7) is 0. The van der Waals surface area contributed by atoms with Crippen LogP contribution in [0.15, 0.2) is 4.99 Å². The van der Waals surface area contributed by atoms with Gasteiger partial charge < -0.3 is 0 Å². The molecule has 76 valence electrons. The third-order valence-corrected chi connectivity index (χ3v) is 3.43. The second kappa shape index (κ2) is 4.22. The van der Waals surface area contributed by atoms with Crippen LogP contribution < -0.4 is 5.32 Å². The zero-order chi connectivity index (χ0) is 9.97. The lowest BCUT2D eigenvalue weighted by Crippen LogP contribution is -2.19. The molecule has 2 fully saturated rings. The second-order valence-electron chi connectivity index (χ2n) is 4.04. The first kappa shape index (κ1) is 9.85. The quantitative estimate of drug-likeness (QED) is 0.334. The summed E-state index contributed by atoms with van der Waals surface area (Å²) in [5.74, 6) is 1.62. The Labute approximate surface area is 89.0 Å². The molecule has 3 nitrogen and oxygen atoms in total. The van der Waals surface area contributed by atoms with Gasteiger partial charge in [-0.1, -0.05) is 11.8 Å². The molecule has 0 aromatic heterocycles. The van der Waals surface area contributed by atoms with Crippen LogP contribution in [0.4, 0.5) is 0 Å². The number of nitriles is 1. The fourth-order valence-electron chi connectivity index (χ4n) is 1.79. The highest BCUT2D eigenvalue weighted by molar-refractivity contribution is 8.13. The maximum atomic E-state index is 8.53. The van der Waals surface area contributed by atoms with Gasteiger partial charge in [0.15, 0.2) is 11.4 Å². The minimum Gasteiger partial charge on any atom is -0.272 e. The number of aliphatic imine (C=N–C) groups is 1. The highest BCUT2D eigenvalue weighted by Crippen LogP contribution is 2.46. The summed E-state index contributed by atoms with van der Waals surface area (Å²) >= 11 is 1.53. The second-order valence-corrected chi connectivity index (χ2v) is 4.84. The van der Waals surface area contributed by atoms with E-state index in [4.69, 9.17) is 5.26 Å². The number of thioether (sulfide) groups is 1. The standard InChI is InChI=1S/C10H15N3S/c1-14-10(12-6-11)13-9(7-2-3-7)8-4-5-8/h7-9H,2-5H2,1H3,(H,12,13). The van der Waals surface area contributed by atoms with Crippen molar-refractivity contribution in [3.8, 4) is 6.19 Å². The van der Waals surface area contributed by atoms with Gasteiger partial charge in [0.05, 0.1) is 6.04 Å². The van der Waals surface area contributed by atoms with Crippen molar-refractivity contribution in [2.24, 2.45) is 16.8 Å². The fourth-order valence-corrected chi connectivity index (χ4v) is 2.17. The molecule has 0 heterocycles. The van der Waals surface area contributed by atoms with E-state index in [0.29, 0.717) is 6.04 Å². The molecule has 4 heteroatoms. The van der Waals surface area contributed by atoms with Crippen LogP contribution in [0.25, 0.3) is 0 Å². The lowest BCUT2D eigenvalue weighted by atomic mass is 10.1. The van der Waals surface area contributed by atoms with Gasteiger partial charge in [0.2, 0.25) is 0 Å². The Kier molecular flexibility index (Phi) is 2.97. The number of nitrogens with zero attached hydrogens (tertiary/aromatic N) is 2. The summed E-state index contributed by atoms with van der Waals surface area (Å²) in [7, 11) is 0. The Morgan fingerprint density at radius 2 is 2.00 bits per heavy atom. The molecule has 0 aliphatic heterocycles. The van der Waals surface area contributed by atoms with Gasteiger partial charge in [0.1, 0.15) is 0 Å². The molecule has 0 atom stereocenters. The van der Waals surface area contributed by atoms with E-state index in [2.05, 4.69) is 10.3 Å². The normalized spacial score (nSPS) is 22.2. The molecule has 0 radical (unpaired) electrons. The van der Waals surface area contributed by atoms with Gasteiger partial charge in [-0.2, -0.15) is 5.26 Å². The summed E-state index contributed by atoms with van der Waals surface area (Å²) < 4.78 is 0. The van der Waals surface area contributed by atoms with Crippen molar-refractivity contribution < 1.29 is 0 Å². The fraction of sp³-hybridized carbons (Fsp3) is 0.800. The maximum absolute atomic E-state index is 8.53. The Morgan fingerprint density at radius 3 is 2.36 bits per heavy atom. The Bertz CT molecular complexity index is 262. The van der Waals surface area contributed by atoms with Crippen molar-refractivity contribution in [2.75, 3.05) is 6.26 Å². The van der Waals surface area contributed by atoms with E-state index in [1.54, 1.807) is 0 Å². The number of hydrogen-bond acceptors (Lipinski definition) is 3.